The minimum absolute atomic E-state index is 0.0552. The van der Waals surface area contributed by atoms with Gasteiger partial charge in [-0.1, -0.05) is 30.3 Å². The van der Waals surface area contributed by atoms with Gasteiger partial charge in [0.2, 0.25) is 0 Å². The molecule has 0 spiro atoms. The van der Waals surface area contributed by atoms with Crippen LogP contribution in [-0.4, -0.2) is 50.7 Å². The Morgan fingerprint density at radius 1 is 0.939 bits per heavy atom. The minimum atomic E-state index is -4.78. The predicted molar refractivity (Wildman–Crippen MR) is 107 cm³/mol. The highest BCUT2D eigenvalue weighted by atomic mass is 19.4. The molecule has 0 saturated carbocycles. The lowest BCUT2D eigenvalue weighted by Crippen LogP contribution is -2.40. The third kappa shape index (κ3) is 9.47. The number of rotatable bonds is 12. The molecule has 0 radical (unpaired) electrons. The van der Waals surface area contributed by atoms with Gasteiger partial charge in [-0.15, -0.1) is 13.2 Å². The number of hydrogen-bond acceptors (Lipinski definition) is 4. The van der Waals surface area contributed by atoms with Crippen molar-refractivity contribution in [3.8, 4) is 11.5 Å². The maximum Gasteiger partial charge on any atom is 0.573 e. The number of methoxy groups -OCH3 is 1. The third-order valence-corrected chi connectivity index (χ3v) is 4.77. The molecule has 0 aliphatic rings. The maximum atomic E-state index is 12.7. The zero-order valence-electron chi connectivity index (χ0n) is 17.8. The Bertz CT molecular complexity index is 858. The highest BCUT2D eigenvalue weighted by molar-refractivity contribution is 5.35. The van der Waals surface area contributed by atoms with E-state index >= 15 is 0 Å². The SMILES string of the molecule is COC(CCN(CF)C(F)(F)F)COc1ccccc1CCc1cccc(OC(F)(F)F)c1. The van der Waals surface area contributed by atoms with Crippen LogP contribution in [0.5, 0.6) is 11.5 Å². The van der Waals surface area contributed by atoms with Crippen molar-refractivity contribution in [2.45, 2.75) is 38.0 Å². The van der Waals surface area contributed by atoms with Crippen LogP contribution in [0.2, 0.25) is 0 Å². The first kappa shape index (κ1) is 26.7. The smallest absolute Gasteiger partial charge is 0.491 e. The fourth-order valence-electron chi connectivity index (χ4n) is 3.03. The summed E-state index contributed by atoms with van der Waals surface area (Å²) in [6.45, 7) is -2.29. The van der Waals surface area contributed by atoms with E-state index in [0.717, 1.165) is 5.56 Å². The Kier molecular flexibility index (Phi) is 9.78. The van der Waals surface area contributed by atoms with E-state index in [0.29, 0.717) is 24.2 Å². The zero-order valence-corrected chi connectivity index (χ0v) is 17.8. The normalized spacial score (nSPS) is 13.2. The van der Waals surface area contributed by atoms with Gasteiger partial charge in [-0.25, -0.2) is 4.39 Å². The monoisotopic (exact) mass is 483 g/mol. The Morgan fingerprint density at radius 2 is 1.67 bits per heavy atom. The van der Waals surface area contributed by atoms with E-state index in [4.69, 9.17) is 9.47 Å². The van der Waals surface area contributed by atoms with Crippen molar-refractivity contribution in [1.82, 2.24) is 4.90 Å². The van der Waals surface area contributed by atoms with E-state index in [1.165, 1.54) is 25.3 Å². The van der Waals surface area contributed by atoms with Gasteiger partial charge in [0.15, 0.2) is 0 Å². The molecule has 0 N–H and O–H groups in total. The Balaban J connectivity index is 1.95. The fourth-order valence-corrected chi connectivity index (χ4v) is 3.03. The average Bonchev–Trinajstić information content (AvgIpc) is 2.73. The summed E-state index contributed by atoms with van der Waals surface area (Å²) in [5.74, 6) is 0.161. The number of hydrogen-bond donors (Lipinski definition) is 0. The Labute approximate surface area is 186 Å². The van der Waals surface area contributed by atoms with E-state index < -0.39 is 32.1 Å². The van der Waals surface area contributed by atoms with Crippen molar-refractivity contribution < 1.29 is 44.9 Å². The lowest BCUT2D eigenvalue weighted by molar-refractivity contribution is -0.274. The number of halogens is 7. The van der Waals surface area contributed by atoms with Crippen LogP contribution in [0.3, 0.4) is 0 Å². The highest BCUT2D eigenvalue weighted by Crippen LogP contribution is 2.26. The van der Waals surface area contributed by atoms with Gasteiger partial charge in [0.05, 0.1) is 6.10 Å². The Hall–Kier alpha value is -2.53. The molecule has 11 heteroatoms. The number of benzene rings is 2. The molecule has 0 bridgehead atoms. The summed E-state index contributed by atoms with van der Waals surface area (Å²) in [4.78, 5) is -0.260. The first-order valence-electron chi connectivity index (χ1n) is 9.97. The largest absolute Gasteiger partial charge is 0.573 e. The molecule has 0 aliphatic carbocycles. The van der Waals surface area contributed by atoms with Gasteiger partial charge in [0.25, 0.3) is 0 Å². The van der Waals surface area contributed by atoms with Crippen LogP contribution >= 0.6 is 0 Å². The van der Waals surface area contributed by atoms with Crippen molar-refractivity contribution in [2.75, 3.05) is 27.1 Å². The van der Waals surface area contributed by atoms with Gasteiger partial charge in [-0.3, -0.25) is 0 Å². The van der Waals surface area contributed by atoms with Crippen molar-refractivity contribution in [3.63, 3.8) is 0 Å². The lowest BCUT2D eigenvalue weighted by Gasteiger charge is -2.24. The summed E-state index contributed by atoms with van der Waals surface area (Å²) in [6.07, 6.45) is -9.52. The van der Waals surface area contributed by atoms with Gasteiger partial charge in [0.1, 0.15) is 24.9 Å². The molecule has 2 aromatic carbocycles. The number of ether oxygens (including phenoxy) is 3. The quantitative estimate of drug-likeness (QED) is 0.278. The Morgan fingerprint density at radius 3 is 2.30 bits per heavy atom. The van der Waals surface area contributed by atoms with Crippen LogP contribution in [0.1, 0.15) is 17.5 Å². The van der Waals surface area contributed by atoms with Crippen molar-refractivity contribution in [3.05, 3.63) is 59.7 Å². The third-order valence-electron chi connectivity index (χ3n) is 4.77. The molecule has 0 aliphatic heterocycles. The van der Waals surface area contributed by atoms with Gasteiger partial charge in [-0.2, -0.15) is 18.1 Å². The first-order chi connectivity index (χ1) is 15.5. The summed E-state index contributed by atoms with van der Waals surface area (Å²) in [7, 11) is 1.32. The minimum Gasteiger partial charge on any atom is -0.491 e. The maximum absolute atomic E-state index is 12.7. The number of para-hydroxylation sites is 1. The summed E-state index contributed by atoms with van der Waals surface area (Å²) in [5.41, 5.74) is 1.38. The molecule has 4 nitrogen and oxygen atoms in total. The summed E-state index contributed by atoms with van der Waals surface area (Å²) in [6, 6.07) is 12.6. The molecule has 0 heterocycles. The molecule has 2 aromatic rings. The van der Waals surface area contributed by atoms with Gasteiger partial charge >= 0.3 is 12.7 Å². The van der Waals surface area contributed by atoms with E-state index in [1.54, 1.807) is 30.3 Å². The lowest BCUT2D eigenvalue weighted by atomic mass is 10.0. The molecule has 0 aromatic heterocycles. The second-order valence-electron chi connectivity index (χ2n) is 7.11. The molecular formula is C22H24F7NO3. The topological polar surface area (TPSA) is 30.9 Å². The average molecular weight is 483 g/mol. The van der Waals surface area contributed by atoms with Crippen LogP contribution < -0.4 is 9.47 Å². The zero-order chi connectivity index (χ0) is 24.5. The van der Waals surface area contributed by atoms with Crippen molar-refractivity contribution in [2.24, 2.45) is 0 Å². The van der Waals surface area contributed by atoms with E-state index in [-0.39, 0.29) is 23.7 Å². The van der Waals surface area contributed by atoms with Gasteiger partial charge < -0.3 is 14.2 Å². The standard InChI is InChI=1S/C22H24F7NO3/c1-31-19(11-12-30(15-23)21(24,25)26)14-32-20-8-3-2-6-17(20)10-9-16-5-4-7-18(13-16)33-22(27,28)29/h2-8,13,19H,9-12,14-15H2,1H3. The summed E-state index contributed by atoms with van der Waals surface area (Å²) < 4.78 is 103. The van der Waals surface area contributed by atoms with Crippen molar-refractivity contribution in [1.29, 1.82) is 0 Å². The van der Waals surface area contributed by atoms with Crippen molar-refractivity contribution >= 4 is 0 Å². The fraction of sp³-hybridized carbons (Fsp3) is 0.455. The van der Waals surface area contributed by atoms with E-state index in [1.807, 2.05) is 0 Å². The van der Waals surface area contributed by atoms with E-state index in [2.05, 4.69) is 4.74 Å². The van der Waals surface area contributed by atoms with Crippen LogP contribution in [0.15, 0.2) is 48.5 Å². The number of nitrogens with zero attached hydrogens (tertiary/aromatic N) is 1. The highest BCUT2D eigenvalue weighted by Gasteiger charge is 2.37. The second kappa shape index (κ2) is 12.1. The molecule has 1 unspecified atom stereocenters. The van der Waals surface area contributed by atoms with Crippen LogP contribution in [0, 0.1) is 0 Å². The summed E-state index contributed by atoms with van der Waals surface area (Å²) >= 11 is 0. The number of alkyl halides is 7. The van der Waals surface area contributed by atoms with Gasteiger partial charge in [-0.05, 0) is 48.6 Å². The molecule has 184 valence electrons. The molecule has 0 saturated heterocycles. The van der Waals surface area contributed by atoms with E-state index in [9.17, 15) is 30.7 Å². The molecule has 1 atom stereocenters. The summed E-state index contributed by atoms with van der Waals surface area (Å²) in [5, 5.41) is 0. The first-order valence-corrected chi connectivity index (χ1v) is 9.97. The molecule has 33 heavy (non-hydrogen) atoms. The molecule has 0 fully saturated rings. The molecular weight excluding hydrogens is 459 g/mol. The van der Waals surface area contributed by atoms with Crippen LogP contribution in [0.25, 0.3) is 0 Å². The number of aryl methyl sites for hydroxylation is 2. The predicted octanol–water partition coefficient (Wildman–Crippen LogP) is 5.90. The van der Waals surface area contributed by atoms with Crippen LogP contribution in [-0.2, 0) is 17.6 Å². The van der Waals surface area contributed by atoms with Gasteiger partial charge in [0, 0.05) is 13.7 Å². The van der Waals surface area contributed by atoms with Crippen LogP contribution in [0.4, 0.5) is 30.7 Å². The molecule has 2 rings (SSSR count). The molecule has 0 amide bonds. The second-order valence-corrected chi connectivity index (χ2v) is 7.11.